The fourth-order valence-corrected chi connectivity index (χ4v) is 2.45. The second-order valence-electron chi connectivity index (χ2n) is 4.40. The third kappa shape index (κ3) is 2.21. The fourth-order valence-electron chi connectivity index (χ4n) is 2.45. The van der Waals surface area contributed by atoms with Gasteiger partial charge < -0.3 is 10.4 Å². The van der Waals surface area contributed by atoms with Crippen LogP contribution < -0.4 is 5.32 Å². The Kier molecular flexibility index (Phi) is 3.39. The van der Waals surface area contributed by atoms with Gasteiger partial charge in [0.2, 0.25) is 0 Å². The van der Waals surface area contributed by atoms with Crippen molar-refractivity contribution in [2.24, 2.45) is 5.92 Å². The van der Waals surface area contributed by atoms with Crippen molar-refractivity contribution in [3.05, 3.63) is 35.9 Å². The predicted octanol–water partition coefficient (Wildman–Crippen LogP) is 1.76. The quantitative estimate of drug-likeness (QED) is 0.785. The maximum atomic E-state index is 8.74. The Morgan fingerprint density at radius 1 is 1.33 bits per heavy atom. The standard InChI is InChI=1S/C13H19NO/c1-10-12(9-13(10)14-7-8-15)11-5-3-2-4-6-11/h2-6,10,12-15H,7-9H2,1H3/t10-,12-,13+/m0/s1. The maximum absolute atomic E-state index is 8.74. The van der Waals surface area contributed by atoms with Crippen molar-refractivity contribution < 1.29 is 5.11 Å². The molecular weight excluding hydrogens is 186 g/mol. The summed E-state index contributed by atoms with van der Waals surface area (Å²) in [4.78, 5) is 0. The molecule has 0 amide bonds. The highest BCUT2D eigenvalue weighted by atomic mass is 16.3. The summed E-state index contributed by atoms with van der Waals surface area (Å²) >= 11 is 0. The molecule has 2 rings (SSSR count). The van der Waals surface area contributed by atoms with E-state index in [2.05, 4.69) is 42.6 Å². The molecule has 3 atom stereocenters. The third-order valence-electron chi connectivity index (χ3n) is 3.52. The zero-order valence-corrected chi connectivity index (χ0v) is 9.19. The number of hydrogen-bond acceptors (Lipinski definition) is 2. The van der Waals surface area contributed by atoms with Crippen LogP contribution in [0.25, 0.3) is 0 Å². The maximum Gasteiger partial charge on any atom is 0.0556 e. The van der Waals surface area contributed by atoms with E-state index >= 15 is 0 Å². The molecule has 2 nitrogen and oxygen atoms in total. The molecule has 2 heteroatoms. The molecule has 1 saturated carbocycles. The molecule has 0 aliphatic heterocycles. The Labute approximate surface area is 91.3 Å². The molecule has 0 saturated heterocycles. The minimum Gasteiger partial charge on any atom is -0.395 e. The van der Waals surface area contributed by atoms with Crippen LogP contribution in [-0.2, 0) is 0 Å². The molecule has 0 spiro atoms. The van der Waals surface area contributed by atoms with Crippen LogP contribution in [0.5, 0.6) is 0 Å². The van der Waals surface area contributed by atoms with E-state index in [0.29, 0.717) is 17.9 Å². The average molecular weight is 205 g/mol. The molecule has 1 fully saturated rings. The van der Waals surface area contributed by atoms with Crippen molar-refractivity contribution in [1.82, 2.24) is 5.32 Å². The Balaban J connectivity index is 1.89. The molecule has 1 aliphatic rings. The molecule has 1 aromatic carbocycles. The summed E-state index contributed by atoms with van der Waals surface area (Å²) in [5.74, 6) is 1.38. The van der Waals surface area contributed by atoms with Crippen LogP contribution in [0.1, 0.15) is 24.8 Å². The van der Waals surface area contributed by atoms with Gasteiger partial charge in [-0.2, -0.15) is 0 Å². The second kappa shape index (κ2) is 4.77. The average Bonchev–Trinajstić information content (AvgIpc) is 2.29. The van der Waals surface area contributed by atoms with Crippen molar-refractivity contribution in [3.8, 4) is 0 Å². The summed E-state index contributed by atoms with van der Waals surface area (Å²) in [7, 11) is 0. The normalized spacial score (nSPS) is 29.9. The van der Waals surface area contributed by atoms with Crippen molar-refractivity contribution in [2.75, 3.05) is 13.2 Å². The van der Waals surface area contributed by atoms with Gasteiger partial charge in [-0.15, -0.1) is 0 Å². The largest absolute Gasteiger partial charge is 0.395 e. The predicted molar refractivity (Wildman–Crippen MR) is 61.8 cm³/mol. The number of nitrogens with one attached hydrogen (secondary N) is 1. The van der Waals surface area contributed by atoms with Crippen LogP contribution in [0.2, 0.25) is 0 Å². The first-order valence-electron chi connectivity index (χ1n) is 5.72. The highest BCUT2D eigenvalue weighted by molar-refractivity contribution is 5.24. The van der Waals surface area contributed by atoms with E-state index in [0.717, 1.165) is 6.54 Å². The van der Waals surface area contributed by atoms with Gasteiger partial charge in [-0.3, -0.25) is 0 Å². The van der Waals surface area contributed by atoms with E-state index < -0.39 is 0 Å². The lowest BCUT2D eigenvalue weighted by Gasteiger charge is -2.43. The highest BCUT2D eigenvalue weighted by Gasteiger charge is 2.37. The molecule has 1 aromatic rings. The van der Waals surface area contributed by atoms with Gasteiger partial charge in [0.1, 0.15) is 0 Å². The van der Waals surface area contributed by atoms with Crippen LogP contribution in [-0.4, -0.2) is 24.3 Å². The van der Waals surface area contributed by atoms with Crippen LogP contribution in [0.15, 0.2) is 30.3 Å². The summed E-state index contributed by atoms with van der Waals surface area (Å²) in [5.41, 5.74) is 1.45. The van der Waals surface area contributed by atoms with E-state index in [1.54, 1.807) is 0 Å². The van der Waals surface area contributed by atoms with Gasteiger partial charge >= 0.3 is 0 Å². The van der Waals surface area contributed by atoms with Crippen LogP contribution in [0.4, 0.5) is 0 Å². The van der Waals surface area contributed by atoms with E-state index in [4.69, 9.17) is 5.11 Å². The van der Waals surface area contributed by atoms with Gasteiger partial charge in [-0.05, 0) is 23.8 Å². The van der Waals surface area contributed by atoms with Crippen LogP contribution in [0, 0.1) is 5.92 Å². The monoisotopic (exact) mass is 205 g/mol. The van der Waals surface area contributed by atoms with Gasteiger partial charge in [0.05, 0.1) is 6.61 Å². The minimum atomic E-state index is 0.235. The van der Waals surface area contributed by atoms with Crippen LogP contribution >= 0.6 is 0 Å². The van der Waals surface area contributed by atoms with Crippen molar-refractivity contribution in [3.63, 3.8) is 0 Å². The van der Waals surface area contributed by atoms with Crippen molar-refractivity contribution in [2.45, 2.75) is 25.3 Å². The summed E-state index contributed by atoms with van der Waals surface area (Å²) in [6.45, 7) is 3.24. The molecule has 0 heterocycles. The van der Waals surface area contributed by atoms with E-state index in [1.807, 2.05) is 0 Å². The van der Waals surface area contributed by atoms with Crippen LogP contribution in [0.3, 0.4) is 0 Å². The Hall–Kier alpha value is -0.860. The molecule has 0 unspecified atom stereocenters. The van der Waals surface area contributed by atoms with Gasteiger partial charge in [-0.1, -0.05) is 37.3 Å². The lowest BCUT2D eigenvalue weighted by atomic mass is 9.67. The van der Waals surface area contributed by atoms with E-state index in [-0.39, 0.29) is 6.61 Å². The van der Waals surface area contributed by atoms with Gasteiger partial charge in [-0.25, -0.2) is 0 Å². The topological polar surface area (TPSA) is 32.3 Å². The zero-order valence-electron chi connectivity index (χ0n) is 9.19. The lowest BCUT2D eigenvalue weighted by Crippen LogP contribution is -2.48. The summed E-state index contributed by atoms with van der Waals surface area (Å²) in [6.07, 6.45) is 1.20. The number of rotatable bonds is 4. The number of hydrogen-bond donors (Lipinski definition) is 2. The Morgan fingerprint density at radius 2 is 2.07 bits per heavy atom. The zero-order chi connectivity index (χ0) is 10.7. The van der Waals surface area contributed by atoms with Gasteiger partial charge in [0, 0.05) is 12.6 Å². The van der Waals surface area contributed by atoms with Crippen molar-refractivity contribution >= 4 is 0 Å². The first-order chi connectivity index (χ1) is 7.33. The number of aliphatic hydroxyl groups excluding tert-OH is 1. The number of benzene rings is 1. The SMILES string of the molecule is C[C@H]1[C@@H](c2ccccc2)C[C@H]1NCCO. The Morgan fingerprint density at radius 3 is 2.67 bits per heavy atom. The molecule has 0 bridgehead atoms. The molecule has 0 radical (unpaired) electrons. The molecular formula is C13H19NO. The number of aliphatic hydroxyl groups is 1. The fraction of sp³-hybridized carbons (Fsp3) is 0.538. The third-order valence-corrected chi connectivity index (χ3v) is 3.52. The molecule has 15 heavy (non-hydrogen) atoms. The lowest BCUT2D eigenvalue weighted by molar-refractivity contribution is 0.171. The summed E-state index contributed by atoms with van der Waals surface area (Å²) < 4.78 is 0. The van der Waals surface area contributed by atoms with Crippen molar-refractivity contribution in [1.29, 1.82) is 0 Å². The van der Waals surface area contributed by atoms with Gasteiger partial charge in [0.15, 0.2) is 0 Å². The molecule has 1 aliphatic carbocycles. The first-order valence-corrected chi connectivity index (χ1v) is 5.72. The Bertz CT molecular complexity index is 299. The molecule has 82 valence electrons. The minimum absolute atomic E-state index is 0.235. The first kappa shape index (κ1) is 10.7. The highest BCUT2D eigenvalue weighted by Crippen LogP contribution is 2.42. The second-order valence-corrected chi connectivity index (χ2v) is 4.40. The summed E-state index contributed by atoms with van der Waals surface area (Å²) in [6, 6.07) is 11.3. The smallest absolute Gasteiger partial charge is 0.0556 e. The molecule has 2 N–H and O–H groups in total. The van der Waals surface area contributed by atoms with E-state index in [1.165, 1.54) is 12.0 Å². The summed E-state index contributed by atoms with van der Waals surface area (Å²) in [5, 5.41) is 12.1. The molecule has 0 aromatic heterocycles. The van der Waals surface area contributed by atoms with Gasteiger partial charge in [0.25, 0.3) is 0 Å². The van der Waals surface area contributed by atoms with E-state index in [9.17, 15) is 0 Å².